The second kappa shape index (κ2) is 13.1. The quantitative estimate of drug-likeness (QED) is 0.517. The van der Waals surface area contributed by atoms with E-state index in [9.17, 15) is 19.5 Å². The smallest absolute Gasteiger partial charge is 0.248 e. The summed E-state index contributed by atoms with van der Waals surface area (Å²) in [5, 5.41) is 14.1. The van der Waals surface area contributed by atoms with Gasteiger partial charge in [-0.15, -0.1) is 12.4 Å². The predicted octanol–water partition coefficient (Wildman–Crippen LogP) is 3.13. The molecular weight excluding hydrogens is 532 g/mol. The van der Waals surface area contributed by atoms with E-state index in [1.54, 1.807) is 11.8 Å². The number of para-hydroxylation sites is 2. The lowest BCUT2D eigenvalue weighted by atomic mass is 9.78. The van der Waals surface area contributed by atoms with Gasteiger partial charge in [0.05, 0.1) is 18.3 Å². The number of anilines is 1. The number of rotatable bonds is 7. The highest BCUT2D eigenvalue weighted by Crippen LogP contribution is 2.37. The fourth-order valence-corrected chi connectivity index (χ4v) is 7.04. The maximum Gasteiger partial charge on any atom is 0.248 e. The Hall–Kier alpha value is -2.36. The van der Waals surface area contributed by atoms with Gasteiger partial charge in [-0.2, -0.15) is 0 Å². The van der Waals surface area contributed by atoms with Gasteiger partial charge in [-0.3, -0.25) is 19.3 Å². The molecule has 1 unspecified atom stereocenters. The van der Waals surface area contributed by atoms with Crippen LogP contribution in [-0.4, -0.2) is 89.1 Å². The monoisotopic (exact) mass is 576 g/mol. The summed E-state index contributed by atoms with van der Waals surface area (Å²) in [6.45, 7) is 6.63. The number of carbonyl (C=O) groups is 3. The number of amides is 3. The zero-order chi connectivity index (χ0) is 27.6. The maximum absolute atomic E-state index is 13.8. The molecule has 4 aliphatic rings. The number of ether oxygens (including phenoxy) is 1. The number of carbonyl (C=O) groups excluding carboxylic acids is 3. The molecule has 3 amide bonds. The van der Waals surface area contributed by atoms with Crippen LogP contribution in [0.1, 0.15) is 71.6 Å². The first-order valence-electron chi connectivity index (χ1n) is 14.9. The minimum absolute atomic E-state index is 0. The molecule has 2 saturated heterocycles. The molecule has 40 heavy (non-hydrogen) atoms. The van der Waals surface area contributed by atoms with Gasteiger partial charge in [-0.05, 0) is 50.2 Å². The van der Waals surface area contributed by atoms with Crippen LogP contribution in [0.25, 0.3) is 0 Å². The summed E-state index contributed by atoms with van der Waals surface area (Å²) in [6, 6.07) is 6.76. The van der Waals surface area contributed by atoms with E-state index in [0.29, 0.717) is 51.3 Å². The van der Waals surface area contributed by atoms with Crippen LogP contribution in [-0.2, 0) is 14.4 Å². The number of nitrogens with one attached hydrogen (secondary N) is 1. The van der Waals surface area contributed by atoms with E-state index < -0.39 is 17.7 Å². The van der Waals surface area contributed by atoms with Crippen LogP contribution in [0.3, 0.4) is 0 Å². The highest BCUT2D eigenvalue weighted by molar-refractivity contribution is 6.00. The minimum atomic E-state index is -0.878. The molecule has 9 nitrogen and oxygen atoms in total. The molecule has 5 rings (SSSR count). The highest BCUT2D eigenvalue weighted by atomic mass is 35.5. The normalized spacial score (nSPS) is 26.0. The molecule has 10 heteroatoms. The molecule has 3 heterocycles. The van der Waals surface area contributed by atoms with Crippen molar-refractivity contribution < 1.29 is 24.2 Å². The van der Waals surface area contributed by atoms with Gasteiger partial charge in [0.2, 0.25) is 17.7 Å². The Bertz CT molecular complexity index is 1060. The Morgan fingerprint density at radius 2 is 1.85 bits per heavy atom. The largest absolute Gasteiger partial charge is 0.485 e. The van der Waals surface area contributed by atoms with E-state index in [1.165, 1.54) is 6.42 Å². The molecule has 1 aromatic rings. The van der Waals surface area contributed by atoms with Crippen molar-refractivity contribution in [3.05, 3.63) is 24.3 Å². The zero-order valence-corrected chi connectivity index (χ0v) is 24.7. The average molecular weight is 577 g/mol. The lowest BCUT2D eigenvalue weighted by molar-refractivity contribution is -0.166. The molecule has 1 aliphatic carbocycles. The number of nitrogens with zero attached hydrogens (tertiary/aromatic N) is 3. The van der Waals surface area contributed by atoms with Crippen LogP contribution in [0.4, 0.5) is 5.69 Å². The van der Waals surface area contributed by atoms with E-state index in [2.05, 4.69) is 17.1 Å². The Balaban J connectivity index is 0.00000370. The summed E-state index contributed by atoms with van der Waals surface area (Å²) in [7, 11) is 0. The fourth-order valence-electron chi connectivity index (χ4n) is 7.04. The van der Waals surface area contributed by atoms with E-state index in [0.717, 1.165) is 44.2 Å². The number of benzene rings is 1. The second-order valence-corrected chi connectivity index (χ2v) is 11.9. The summed E-state index contributed by atoms with van der Waals surface area (Å²) in [6.07, 6.45) is 6.94. The molecule has 0 radical (unpaired) electrons. The van der Waals surface area contributed by atoms with Crippen molar-refractivity contribution in [2.24, 2.45) is 5.92 Å². The van der Waals surface area contributed by atoms with Gasteiger partial charge in [0.15, 0.2) is 0 Å². The number of hydrogen-bond acceptors (Lipinski definition) is 6. The van der Waals surface area contributed by atoms with Gasteiger partial charge in [0.25, 0.3) is 0 Å². The highest BCUT2D eigenvalue weighted by Gasteiger charge is 2.55. The molecular formula is C30H45ClN4O5. The first-order valence-corrected chi connectivity index (χ1v) is 14.9. The first-order chi connectivity index (χ1) is 18.8. The number of aliphatic hydroxyl groups is 1. The average Bonchev–Trinajstić information content (AvgIpc) is 2.95. The third-order valence-corrected chi connectivity index (χ3v) is 9.33. The van der Waals surface area contributed by atoms with E-state index in [-0.39, 0.29) is 42.2 Å². The van der Waals surface area contributed by atoms with Gasteiger partial charge < -0.3 is 25.0 Å². The van der Waals surface area contributed by atoms with Crippen molar-refractivity contribution in [1.82, 2.24) is 15.1 Å². The number of halogens is 1. The minimum Gasteiger partial charge on any atom is -0.485 e. The number of piperidine rings is 1. The Labute approximate surface area is 244 Å². The number of likely N-dealkylation sites (tertiary alicyclic amines) is 1. The van der Waals surface area contributed by atoms with Crippen LogP contribution in [0.2, 0.25) is 0 Å². The Morgan fingerprint density at radius 3 is 2.52 bits per heavy atom. The summed E-state index contributed by atoms with van der Waals surface area (Å²) in [5.74, 6) is 0.514. The maximum atomic E-state index is 13.8. The van der Waals surface area contributed by atoms with Crippen molar-refractivity contribution >= 4 is 35.8 Å². The summed E-state index contributed by atoms with van der Waals surface area (Å²) < 4.78 is 6.26. The Morgan fingerprint density at radius 1 is 1.15 bits per heavy atom. The number of aliphatic hydroxyl groups excluding tert-OH is 1. The third-order valence-electron chi connectivity index (χ3n) is 9.33. The van der Waals surface area contributed by atoms with Crippen LogP contribution >= 0.6 is 12.4 Å². The first kappa shape index (κ1) is 30.6. The van der Waals surface area contributed by atoms with Crippen molar-refractivity contribution in [3.63, 3.8) is 0 Å². The van der Waals surface area contributed by atoms with E-state index in [4.69, 9.17) is 4.74 Å². The van der Waals surface area contributed by atoms with Crippen molar-refractivity contribution in [2.45, 2.75) is 95.4 Å². The lowest BCUT2D eigenvalue weighted by Gasteiger charge is -2.53. The Kier molecular flexibility index (Phi) is 10.0. The third kappa shape index (κ3) is 5.97. The van der Waals surface area contributed by atoms with Crippen molar-refractivity contribution in [1.29, 1.82) is 0 Å². The number of piperazine rings is 1. The number of unbranched alkanes of at least 4 members (excludes halogenated alkanes) is 1. The summed E-state index contributed by atoms with van der Waals surface area (Å²) in [4.78, 5) is 45.8. The van der Waals surface area contributed by atoms with Crippen LogP contribution < -0.4 is 15.0 Å². The zero-order valence-electron chi connectivity index (χ0n) is 23.8. The van der Waals surface area contributed by atoms with Crippen molar-refractivity contribution in [3.8, 4) is 5.75 Å². The second-order valence-electron chi connectivity index (χ2n) is 11.9. The molecule has 1 spiro atoms. The van der Waals surface area contributed by atoms with Gasteiger partial charge in [0, 0.05) is 33.1 Å². The van der Waals surface area contributed by atoms with Gasteiger partial charge in [-0.25, -0.2) is 0 Å². The van der Waals surface area contributed by atoms with Crippen LogP contribution in [0.15, 0.2) is 24.3 Å². The van der Waals surface area contributed by atoms with Gasteiger partial charge in [-0.1, -0.05) is 44.7 Å². The fraction of sp³-hybridized carbons (Fsp3) is 0.700. The lowest BCUT2D eigenvalue weighted by Crippen LogP contribution is -2.75. The standard InChI is InChI=1S/C30H44N4O5.ClH/c1-3-4-16-34-28(37)26(27(36)22-10-6-5-7-11-22)31-29(38)30(34)14-17-32(18-15-30)19-23-20-33(21(2)35)24-12-8-9-13-25(24)39-23;/h8-9,12-13,22-23,26-27,36H,3-7,10-11,14-20H2,1-2H3,(H,31,38);1H/t23?,26-,27-;/m1./s1. The SMILES string of the molecule is CCCCN1C(=O)[C@@H]([C@H](O)C2CCCCC2)NC(=O)C12CCN(CC1CN(C(C)=O)c3ccccc3O1)CC2.Cl. The molecule has 222 valence electrons. The van der Waals surface area contributed by atoms with Crippen LogP contribution in [0.5, 0.6) is 5.75 Å². The molecule has 1 aromatic carbocycles. The summed E-state index contributed by atoms with van der Waals surface area (Å²) >= 11 is 0. The molecule has 0 bridgehead atoms. The predicted molar refractivity (Wildman–Crippen MR) is 156 cm³/mol. The van der Waals surface area contributed by atoms with Gasteiger partial charge >= 0.3 is 0 Å². The van der Waals surface area contributed by atoms with Crippen molar-refractivity contribution in [2.75, 3.05) is 37.6 Å². The number of fused-ring (bicyclic) bond motifs is 1. The van der Waals surface area contributed by atoms with Crippen LogP contribution in [0, 0.1) is 5.92 Å². The van der Waals surface area contributed by atoms with Gasteiger partial charge in [0.1, 0.15) is 23.4 Å². The molecule has 2 N–H and O–H groups in total. The molecule has 3 fully saturated rings. The topological polar surface area (TPSA) is 102 Å². The molecule has 3 aliphatic heterocycles. The van der Waals surface area contributed by atoms with E-state index >= 15 is 0 Å². The molecule has 1 saturated carbocycles. The molecule has 3 atom stereocenters. The number of hydrogen-bond donors (Lipinski definition) is 2. The molecule has 0 aromatic heterocycles. The summed E-state index contributed by atoms with van der Waals surface area (Å²) in [5.41, 5.74) is -0.0791. The van der Waals surface area contributed by atoms with E-state index in [1.807, 2.05) is 29.2 Å².